The first kappa shape index (κ1) is 24.4. The number of ether oxygens (including phenoxy) is 2. The number of carbonyl (C=O) groups is 1. The van der Waals surface area contributed by atoms with Gasteiger partial charge >= 0.3 is 5.97 Å². The predicted octanol–water partition coefficient (Wildman–Crippen LogP) is 7.63. The molecule has 176 valence electrons. The van der Waals surface area contributed by atoms with Crippen molar-refractivity contribution >= 4 is 44.6 Å². The molecular formula is C26H21BrClF2NO3. The molecule has 4 nitrogen and oxygen atoms in total. The van der Waals surface area contributed by atoms with Gasteiger partial charge in [-0.05, 0) is 89.2 Å². The molecular weight excluding hydrogens is 528 g/mol. The highest BCUT2D eigenvalue weighted by Crippen LogP contribution is 2.43. The first-order valence-corrected chi connectivity index (χ1v) is 12.0. The Kier molecular flexibility index (Phi) is 7.63. The van der Waals surface area contributed by atoms with Gasteiger partial charge in [0.05, 0.1) is 17.2 Å². The second-order valence-electron chi connectivity index (χ2n) is 7.76. The number of carbonyl (C=O) groups excluding carboxylic acids is 1. The third kappa shape index (κ3) is 5.31. The maximum absolute atomic E-state index is 14.3. The van der Waals surface area contributed by atoms with Crippen LogP contribution in [0.25, 0.3) is 11.1 Å². The molecule has 34 heavy (non-hydrogen) atoms. The van der Waals surface area contributed by atoms with Gasteiger partial charge in [0, 0.05) is 21.8 Å². The normalized spacial score (nSPS) is 13.3. The Balaban J connectivity index is 1.71. The third-order valence-electron chi connectivity index (χ3n) is 5.55. The number of nitrogens with zero attached hydrogens (tertiary/aromatic N) is 1. The summed E-state index contributed by atoms with van der Waals surface area (Å²) in [6.45, 7) is 1.96. The predicted molar refractivity (Wildman–Crippen MR) is 131 cm³/mol. The minimum absolute atomic E-state index is 0.0899. The van der Waals surface area contributed by atoms with Crippen molar-refractivity contribution in [3.63, 3.8) is 0 Å². The van der Waals surface area contributed by atoms with Crippen molar-refractivity contribution < 1.29 is 23.0 Å². The van der Waals surface area contributed by atoms with Crippen molar-refractivity contribution in [1.82, 2.24) is 4.98 Å². The molecule has 1 heterocycles. The summed E-state index contributed by atoms with van der Waals surface area (Å²) < 4.78 is 39.4. The van der Waals surface area contributed by atoms with E-state index in [1.54, 1.807) is 25.3 Å². The van der Waals surface area contributed by atoms with Crippen LogP contribution in [-0.4, -0.2) is 17.6 Å². The van der Waals surface area contributed by atoms with Gasteiger partial charge in [-0.25, -0.2) is 18.6 Å². The summed E-state index contributed by atoms with van der Waals surface area (Å²) in [5, 5.41) is 0.275. The van der Waals surface area contributed by atoms with Crippen molar-refractivity contribution in [3.8, 4) is 5.88 Å². The first-order chi connectivity index (χ1) is 16.4. The zero-order valence-electron chi connectivity index (χ0n) is 18.3. The van der Waals surface area contributed by atoms with E-state index in [0.29, 0.717) is 11.4 Å². The molecule has 0 saturated carbocycles. The van der Waals surface area contributed by atoms with Gasteiger partial charge < -0.3 is 9.47 Å². The summed E-state index contributed by atoms with van der Waals surface area (Å²) in [4.78, 5) is 16.6. The second kappa shape index (κ2) is 10.7. The number of aromatic nitrogens is 1. The third-order valence-corrected chi connectivity index (χ3v) is 6.34. The molecule has 0 amide bonds. The Hall–Kier alpha value is -2.77. The van der Waals surface area contributed by atoms with E-state index in [4.69, 9.17) is 21.1 Å². The fourth-order valence-corrected chi connectivity index (χ4v) is 4.53. The van der Waals surface area contributed by atoms with Crippen LogP contribution in [-0.2, 0) is 11.3 Å². The minimum Gasteiger partial charge on any atom is -0.472 e. The van der Waals surface area contributed by atoms with Gasteiger partial charge in [-0.3, -0.25) is 0 Å². The molecule has 0 radical (unpaired) electrons. The number of pyridine rings is 1. The van der Waals surface area contributed by atoms with Crippen LogP contribution in [0.2, 0.25) is 5.02 Å². The number of rotatable bonds is 7. The number of allylic oxidation sites excluding steroid dienone is 2. The van der Waals surface area contributed by atoms with E-state index >= 15 is 0 Å². The Bertz CT molecular complexity index is 1280. The molecule has 8 heteroatoms. The molecule has 0 saturated heterocycles. The molecule has 4 rings (SSSR count). The molecule has 1 aliphatic rings. The van der Waals surface area contributed by atoms with Crippen molar-refractivity contribution in [3.05, 3.63) is 92.0 Å². The molecule has 3 aromatic rings. The van der Waals surface area contributed by atoms with Crippen molar-refractivity contribution in [2.45, 2.75) is 32.8 Å². The number of benzene rings is 2. The Morgan fingerprint density at radius 3 is 2.68 bits per heavy atom. The lowest BCUT2D eigenvalue weighted by molar-refractivity contribution is 0.0521. The molecule has 1 aromatic heterocycles. The Morgan fingerprint density at radius 2 is 1.91 bits per heavy atom. The average molecular weight is 549 g/mol. The molecule has 0 fully saturated rings. The monoisotopic (exact) mass is 547 g/mol. The quantitative estimate of drug-likeness (QED) is 0.285. The largest absolute Gasteiger partial charge is 0.472 e. The summed E-state index contributed by atoms with van der Waals surface area (Å²) in [5.41, 5.74) is 4.10. The summed E-state index contributed by atoms with van der Waals surface area (Å²) in [6.07, 6.45) is 4.07. The number of esters is 1. The van der Waals surface area contributed by atoms with Crippen LogP contribution in [0.1, 0.15) is 53.2 Å². The summed E-state index contributed by atoms with van der Waals surface area (Å²) in [6, 6.07) is 10.6. The molecule has 2 aromatic carbocycles. The maximum atomic E-state index is 14.3. The number of halogens is 4. The Morgan fingerprint density at radius 1 is 1.12 bits per heavy atom. The SMILES string of the molecule is CCOC(=O)c1cc(C2=C(c3cc(Br)cnc3OCc3ccc(F)cc3Cl)CCC2)ccc1F. The fourth-order valence-electron chi connectivity index (χ4n) is 3.98. The zero-order valence-corrected chi connectivity index (χ0v) is 20.7. The molecule has 0 N–H and O–H groups in total. The van der Waals surface area contributed by atoms with Gasteiger partial charge in [0.1, 0.15) is 18.2 Å². The van der Waals surface area contributed by atoms with E-state index in [9.17, 15) is 13.6 Å². The topological polar surface area (TPSA) is 48.4 Å². The van der Waals surface area contributed by atoms with Crippen LogP contribution < -0.4 is 4.74 Å². The molecule has 0 unspecified atom stereocenters. The molecule has 0 bridgehead atoms. The lowest BCUT2D eigenvalue weighted by atomic mass is 9.96. The highest BCUT2D eigenvalue weighted by molar-refractivity contribution is 9.10. The lowest BCUT2D eigenvalue weighted by Crippen LogP contribution is -2.08. The zero-order chi connectivity index (χ0) is 24.2. The van der Waals surface area contributed by atoms with Crippen LogP contribution in [0, 0.1) is 11.6 Å². The molecule has 0 atom stereocenters. The molecule has 0 spiro atoms. The van der Waals surface area contributed by atoms with Gasteiger partial charge in [0.15, 0.2) is 0 Å². The first-order valence-electron chi connectivity index (χ1n) is 10.8. The fraction of sp³-hybridized carbons (Fsp3) is 0.231. The van der Waals surface area contributed by atoms with Crippen LogP contribution >= 0.6 is 27.5 Å². The molecule has 0 aliphatic heterocycles. The van der Waals surface area contributed by atoms with Gasteiger partial charge in [0.2, 0.25) is 5.88 Å². The van der Waals surface area contributed by atoms with Gasteiger partial charge in [0.25, 0.3) is 0 Å². The summed E-state index contributed by atoms with van der Waals surface area (Å²) in [7, 11) is 0. The van der Waals surface area contributed by atoms with Gasteiger partial charge in [-0.2, -0.15) is 0 Å². The highest BCUT2D eigenvalue weighted by Gasteiger charge is 2.24. The van der Waals surface area contributed by atoms with E-state index in [1.165, 1.54) is 24.3 Å². The van der Waals surface area contributed by atoms with Crippen LogP contribution in [0.4, 0.5) is 8.78 Å². The van der Waals surface area contributed by atoms with Crippen LogP contribution in [0.15, 0.2) is 53.1 Å². The van der Waals surface area contributed by atoms with Crippen molar-refractivity contribution in [1.29, 1.82) is 0 Å². The van der Waals surface area contributed by atoms with E-state index < -0.39 is 17.6 Å². The highest BCUT2D eigenvalue weighted by atomic mass is 79.9. The van der Waals surface area contributed by atoms with E-state index in [2.05, 4.69) is 20.9 Å². The number of hydrogen-bond acceptors (Lipinski definition) is 4. The van der Waals surface area contributed by atoms with E-state index in [-0.39, 0.29) is 23.8 Å². The van der Waals surface area contributed by atoms with Crippen LogP contribution in [0.3, 0.4) is 0 Å². The van der Waals surface area contributed by atoms with Crippen molar-refractivity contribution in [2.24, 2.45) is 0 Å². The standard InChI is InChI=1S/C26H21BrClF2NO3/c1-2-33-26(32)22-10-15(7-9-24(22)30)19-4-3-5-20(19)21-11-17(27)13-31-25(21)34-14-16-6-8-18(29)12-23(16)28/h6-13H,2-5,14H2,1H3. The minimum atomic E-state index is -0.689. The van der Waals surface area contributed by atoms with Crippen molar-refractivity contribution in [2.75, 3.05) is 6.61 Å². The maximum Gasteiger partial charge on any atom is 0.341 e. The van der Waals surface area contributed by atoms with Gasteiger partial charge in [-0.15, -0.1) is 0 Å². The summed E-state index contributed by atoms with van der Waals surface area (Å²) in [5.74, 6) is -1.32. The second-order valence-corrected chi connectivity index (χ2v) is 9.08. The van der Waals surface area contributed by atoms with E-state index in [1.807, 2.05) is 6.07 Å². The van der Waals surface area contributed by atoms with E-state index in [0.717, 1.165) is 46.0 Å². The smallest absolute Gasteiger partial charge is 0.341 e. The number of hydrogen-bond donors (Lipinski definition) is 0. The lowest BCUT2D eigenvalue weighted by Gasteiger charge is -2.15. The average Bonchev–Trinajstić information content (AvgIpc) is 3.29. The van der Waals surface area contributed by atoms with Gasteiger partial charge in [-0.1, -0.05) is 23.7 Å². The Labute approximate surface area is 209 Å². The summed E-state index contributed by atoms with van der Waals surface area (Å²) >= 11 is 9.62. The van der Waals surface area contributed by atoms with Crippen LogP contribution in [0.5, 0.6) is 5.88 Å². The molecule has 1 aliphatic carbocycles.